The minimum Gasteiger partial charge on any atom is -0.455 e. The lowest BCUT2D eigenvalue weighted by Crippen LogP contribution is -2.35. The molecule has 0 saturated heterocycles. The molecule has 0 saturated carbocycles. The average molecular weight is 453 g/mol. The Labute approximate surface area is 197 Å². The maximum absolute atomic E-state index is 11.5. The fourth-order valence-electron chi connectivity index (χ4n) is 3.24. The minimum absolute atomic E-state index is 0.234. The van der Waals surface area contributed by atoms with Crippen LogP contribution in [0.15, 0.2) is 67.3 Å². The van der Waals surface area contributed by atoms with Crippen molar-refractivity contribution in [3.05, 3.63) is 78.4 Å². The van der Waals surface area contributed by atoms with Crippen molar-refractivity contribution in [2.24, 2.45) is 0 Å². The number of anilines is 2. The van der Waals surface area contributed by atoms with Gasteiger partial charge >= 0.3 is 6.03 Å². The van der Waals surface area contributed by atoms with Gasteiger partial charge in [0.15, 0.2) is 0 Å². The largest absolute Gasteiger partial charge is 0.455 e. The zero-order valence-electron chi connectivity index (χ0n) is 18.9. The summed E-state index contributed by atoms with van der Waals surface area (Å²) in [5.74, 6) is 8.14. The van der Waals surface area contributed by atoms with Crippen molar-refractivity contribution in [1.82, 2.24) is 25.6 Å². The molecule has 3 N–H and O–H groups in total. The van der Waals surface area contributed by atoms with Crippen molar-refractivity contribution in [3.8, 4) is 23.3 Å². The molecule has 2 amide bonds. The van der Waals surface area contributed by atoms with Crippen LogP contribution in [0.1, 0.15) is 18.1 Å². The third-order valence-electron chi connectivity index (χ3n) is 4.84. The third-order valence-corrected chi connectivity index (χ3v) is 4.84. The molecule has 4 aromatic rings. The van der Waals surface area contributed by atoms with E-state index >= 15 is 0 Å². The number of carbonyl (C=O) groups is 1. The first-order chi connectivity index (χ1) is 16.6. The Balaban J connectivity index is 1.51. The van der Waals surface area contributed by atoms with Gasteiger partial charge < -0.3 is 20.7 Å². The molecule has 0 atom stereocenters. The van der Waals surface area contributed by atoms with Gasteiger partial charge in [-0.05, 0) is 67.9 Å². The Morgan fingerprint density at radius 2 is 2.00 bits per heavy atom. The highest BCUT2D eigenvalue weighted by Crippen LogP contribution is 2.29. The van der Waals surface area contributed by atoms with Gasteiger partial charge in [-0.1, -0.05) is 11.8 Å². The van der Waals surface area contributed by atoms with Gasteiger partial charge in [-0.2, -0.15) is 0 Å². The van der Waals surface area contributed by atoms with Crippen LogP contribution in [-0.2, 0) is 0 Å². The van der Waals surface area contributed by atoms with Crippen LogP contribution in [-0.4, -0.2) is 34.1 Å². The standard InChI is InChI=1S/C26H24N6O2/c1-3-28-26(33)29-13-4-6-19-8-10-23-22(15-19)25(31-17-30-23)32-20-9-11-24(18(2)14-20)34-21-7-5-12-27-16-21/h5,7-12,14-17H,3,13H2,1-2H3,(H2,28,29,33)(H,30,31,32). The summed E-state index contributed by atoms with van der Waals surface area (Å²) in [4.78, 5) is 24.3. The number of aromatic nitrogens is 3. The van der Waals surface area contributed by atoms with E-state index in [2.05, 4.69) is 42.7 Å². The molecule has 0 unspecified atom stereocenters. The summed E-state index contributed by atoms with van der Waals surface area (Å²) in [5.41, 5.74) is 3.45. The molecule has 0 aliphatic heterocycles. The number of hydrogen-bond acceptors (Lipinski definition) is 6. The van der Waals surface area contributed by atoms with Crippen LogP contribution in [0, 0.1) is 18.8 Å². The quantitative estimate of drug-likeness (QED) is 0.371. The predicted molar refractivity (Wildman–Crippen MR) is 132 cm³/mol. The summed E-state index contributed by atoms with van der Waals surface area (Å²) in [5, 5.41) is 9.57. The molecule has 0 bridgehead atoms. The van der Waals surface area contributed by atoms with Crippen LogP contribution < -0.4 is 20.7 Å². The van der Waals surface area contributed by atoms with Gasteiger partial charge in [0.25, 0.3) is 0 Å². The average Bonchev–Trinajstić information content (AvgIpc) is 2.85. The van der Waals surface area contributed by atoms with E-state index < -0.39 is 0 Å². The summed E-state index contributed by atoms with van der Waals surface area (Å²) in [6.07, 6.45) is 4.91. The van der Waals surface area contributed by atoms with Gasteiger partial charge in [0.05, 0.1) is 18.3 Å². The number of nitrogens with zero attached hydrogens (tertiary/aromatic N) is 3. The molecule has 8 heteroatoms. The molecular weight excluding hydrogens is 428 g/mol. The van der Waals surface area contributed by atoms with Crippen LogP contribution in [0.3, 0.4) is 0 Å². The van der Waals surface area contributed by atoms with Gasteiger partial charge in [0.2, 0.25) is 0 Å². The van der Waals surface area contributed by atoms with Crippen molar-refractivity contribution in [1.29, 1.82) is 0 Å². The number of benzene rings is 2. The summed E-state index contributed by atoms with van der Waals surface area (Å²) in [7, 11) is 0. The highest BCUT2D eigenvalue weighted by Gasteiger charge is 2.08. The lowest BCUT2D eigenvalue weighted by atomic mass is 10.1. The van der Waals surface area contributed by atoms with Crippen LogP contribution in [0.4, 0.5) is 16.3 Å². The molecule has 4 rings (SSSR count). The van der Waals surface area contributed by atoms with E-state index in [1.807, 2.05) is 62.4 Å². The number of amides is 2. The summed E-state index contributed by atoms with van der Waals surface area (Å²) >= 11 is 0. The molecule has 0 aliphatic rings. The van der Waals surface area contributed by atoms with Gasteiger partial charge in [0.1, 0.15) is 23.6 Å². The first kappa shape index (κ1) is 22.6. The first-order valence-corrected chi connectivity index (χ1v) is 10.8. The van der Waals surface area contributed by atoms with Gasteiger partial charge in [-0.3, -0.25) is 4.98 Å². The zero-order chi connectivity index (χ0) is 23.8. The number of carbonyl (C=O) groups excluding carboxylic acids is 1. The number of nitrogens with one attached hydrogen (secondary N) is 3. The van der Waals surface area contributed by atoms with E-state index in [9.17, 15) is 4.79 Å². The van der Waals surface area contributed by atoms with Crippen LogP contribution in [0.5, 0.6) is 11.5 Å². The van der Waals surface area contributed by atoms with E-state index in [4.69, 9.17) is 4.74 Å². The Morgan fingerprint density at radius 1 is 1.09 bits per heavy atom. The summed E-state index contributed by atoms with van der Waals surface area (Å²) < 4.78 is 5.91. The fourth-order valence-corrected chi connectivity index (χ4v) is 3.24. The number of hydrogen-bond donors (Lipinski definition) is 3. The molecule has 170 valence electrons. The Hall–Kier alpha value is -4.64. The van der Waals surface area contributed by atoms with Crippen molar-refractivity contribution < 1.29 is 9.53 Å². The van der Waals surface area contributed by atoms with E-state index in [1.165, 1.54) is 6.33 Å². The van der Waals surface area contributed by atoms with Crippen molar-refractivity contribution in [3.63, 3.8) is 0 Å². The van der Waals surface area contributed by atoms with E-state index in [0.717, 1.165) is 33.5 Å². The summed E-state index contributed by atoms with van der Waals surface area (Å²) in [6, 6.07) is 15.0. The number of urea groups is 1. The number of rotatable bonds is 6. The predicted octanol–water partition coefficient (Wildman–Crippen LogP) is 4.54. The van der Waals surface area contributed by atoms with Crippen molar-refractivity contribution >= 4 is 28.4 Å². The van der Waals surface area contributed by atoms with Crippen LogP contribution in [0.2, 0.25) is 0 Å². The zero-order valence-corrected chi connectivity index (χ0v) is 18.9. The van der Waals surface area contributed by atoms with Gasteiger partial charge in [-0.25, -0.2) is 14.8 Å². The second-order valence-electron chi connectivity index (χ2n) is 7.37. The Morgan fingerprint density at radius 3 is 2.79 bits per heavy atom. The molecule has 0 fully saturated rings. The molecule has 0 aliphatic carbocycles. The molecule has 2 aromatic carbocycles. The monoisotopic (exact) mass is 452 g/mol. The van der Waals surface area contributed by atoms with Gasteiger partial charge in [0, 0.05) is 29.4 Å². The molecule has 34 heavy (non-hydrogen) atoms. The topological polar surface area (TPSA) is 101 Å². The Kier molecular flexibility index (Phi) is 7.16. The highest BCUT2D eigenvalue weighted by atomic mass is 16.5. The molecule has 2 heterocycles. The fraction of sp³-hybridized carbons (Fsp3) is 0.154. The summed E-state index contributed by atoms with van der Waals surface area (Å²) in [6.45, 7) is 4.67. The van der Waals surface area contributed by atoms with E-state index in [1.54, 1.807) is 12.4 Å². The lowest BCUT2D eigenvalue weighted by molar-refractivity contribution is 0.242. The van der Waals surface area contributed by atoms with Gasteiger partial charge in [-0.15, -0.1) is 0 Å². The minimum atomic E-state index is -0.234. The number of aryl methyl sites for hydroxylation is 1. The number of fused-ring (bicyclic) bond motifs is 1. The van der Waals surface area contributed by atoms with Crippen LogP contribution >= 0.6 is 0 Å². The smallest absolute Gasteiger partial charge is 0.315 e. The maximum Gasteiger partial charge on any atom is 0.315 e. The highest BCUT2D eigenvalue weighted by molar-refractivity contribution is 5.91. The molecule has 8 nitrogen and oxygen atoms in total. The van der Waals surface area contributed by atoms with E-state index in [0.29, 0.717) is 18.1 Å². The van der Waals surface area contributed by atoms with Crippen molar-refractivity contribution in [2.45, 2.75) is 13.8 Å². The second kappa shape index (κ2) is 10.8. The molecule has 0 radical (unpaired) electrons. The molecular formula is C26H24N6O2. The third kappa shape index (κ3) is 5.78. The van der Waals surface area contributed by atoms with Crippen LogP contribution in [0.25, 0.3) is 10.9 Å². The number of ether oxygens (including phenoxy) is 1. The molecule has 2 aromatic heterocycles. The first-order valence-electron chi connectivity index (χ1n) is 10.8. The normalized spacial score (nSPS) is 10.2. The SMILES string of the molecule is CCNC(=O)NCC#Cc1ccc2ncnc(Nc3ccc(Oc4cccnc4)c(C)c3)c2c1. The lowest BCUT2D eigenvalue weighted by Gasteiger charge is -2.12. The maximum atomic E-state index is 11.5. The van der Waals surface area contributed by atoms with E-state index in [-0.39, 0.29) is 12.6 Å². The molecule has 0 spiro atoms. The number of pyridine rings is 1. The second-order valence-corrected chi connectivity index (χ2v) is 7.37. The van der Waals surface area contributed by atoms with Crippen molar-refractivity contribution in [2.75, 3.05) is 18.4 Å². The Bertz CT molecular complexity index is 1360.